The van der Waals surface area contributed by atoms with E-state index >= 15 is 0 Å². The number of fused-ring (bicyclic) bond motifs is 2. The number of rotatable bonds is 3. The number of pyridine rings is 1. The first-order valence-corrected chi connectivity index (χ1v) is 10.3. The van der Waals surface area contributed by atoms with Gasteiger partial charge in [-0.1, -0.05) is 11.6 Å². The topological polar surface area (TPSA) is 90.7 Å². The van der Waals surface area contributed by atoms with Gasteiger partial charge >= 0.3 is 0 Å². The van der Waals surface area contributed by atoms with Gasteiger partial charge in [0.05, 0.1) is 16.1 Å². The zero-order valence-electron chi connectivity index (χ0n) is 16.8. The molecule has 7 nitrogen and oxygen atoms in total. The van der Waals surface area contributed by atoms with Gasteiger partial charge < -0.3 is 24.5 Å². The number of nitrogens with one attached hydrogen (secondary N) is 1. The van der Waals surface area contributed by atoms with Crippen molar-refractivity contribution in [3.05, 3.63) is 93.2 Å². The van der Waals surface area contributed by atoms with Crippen molar-refractivity contribution in [3.63, 3.8) is 0 Å². The van der Waals surface area contributed by atoms with Crippen molar-refractivity contribution in [1.29, 1.82) is 0 Å². The number of hydrogen-bond donors (Lipinski definition) is 3. The predicted molar refractivity (Wildman–Crippen MR) is 117 cm³/mol. The Morgan fingerprint density at radius 1 is 1.16 bits per heavy atom. The average molecular weight is 456 g/mol. The first-order chi connectivity index (χ1) is 15.3. The number of nitrogens with zero attached hydrogens (tertiary/aromatic N) is 2. The highest BCUT2D eigenvalue weighted by atomic mass is 35.5. The molecule has 0 amide bonds. The van der Waals surface area contributed by atoms with E-state index in [2.05, 4.69) is 4.98 Å². The maximum atomic E-state index is 13.6. The molecule has 0 saturated heterocycles. The van der Waals surface area contributed by atoms with Crippen molar-refractivity contribution in [2.24, 2.45) is 0 Å². The van der Waals surface area contributed by atoms with Crippen molar-refractivity contribution in [2.75, 3.05) is 13.2 Å². The third kappa shape index (κ3) is 3.57. The molecule has 3 heterocycles. The number of benzene rings is 2. The molecule has 0 aliphatic carbocycles. The predicted octanol–water partition coefficient (Wildman–Crippen LogP) is 3.10. The molecule has 0 spiro atoms. The summed E-state index contributed by atoms with van der Waals surface area (Å²) in [6.45, 7) is 0.461. The summed E-state index contributed by atoms with van der Waals surface area (Å²) < 4.78 is 21.1. The number of hydrogen-bond acceptors (Lipinski definition) is 5. The number of aromatic amines is 1. The Morgan fingerprint density at radius 3 is 2.81 bits per heavy atom. The molecule has 5 rings (SSSR count). The Bertz CT molecular complexity index is 1380. The minimum absolute atomic E-state index is 0.0753. The van der Waals surface area contributed by atoms with E-state index in [-0.39, 0.29) is 47.4 Å². The molecular formula is C23H19ClFN3O4. The molecular weight excluding hydrogens is 437 g/mol. The Morgan fingerprint density at radius 2 is 2.00 bits per heavy atom. The van der Waals surface area contributed by atoms with Gasteiger partial charge in [-0.15, -0.1) is 0 Å². The summed E-state index contributed by atoms with van der Waals surface area (Å²) in [5, 5.41) is 23.3. The second kappa shape index (κ2) is 7.75. The first kappa shape index (κ1) is 20.7. The monoisotopic (exact) mass is 455 g/mol. The lowest BCUT2D eigenvalue weighted by molar-refractivity contribution is -0.276. The summed E-state index contributed by atoms with van der Waals surface area (Å²) >= 11 is 6.48. The average Bonchev–Trinajstić information content (AvgIpc) is 3.11. The van der Waals surface area contributed by atoms with Crippen LogP contribution in [-0.2, 0) is 12.5 Å². The summed E-state index contributed by atoms with van der Waals surface area (Å²) in [5.41, 5.74) is 1.71. The summed E-state index contributed by atoms with van der Waals surface area (Å²) in [6.07, 6.45) is 3.26. The van der Waals surface area contributed by atoms with E-state index in [4.69, 9.17) is 16.3 Å². The van der Waals surface area contributed by atoms with Gasteiger partial charge in [-0.05, 0) is 48.0 Å². The zero-order chi connectivity index (χ0) is 22.5. The highest BCUT2D eigenvalue weighted by Gasteiger charge is 2.40. The molecule has 0 bridgehead atoms. The van der Waals surface area contributed by atoms with Crippen molar-refractivity contribution in [2.45, 2.75) is 12.5 Å². The van der Waals surface area contributed by atoms with Crippen molar-refractivity contribution in [3.8, 4) is 11.4 Å². The van der Waals surface area contributed by atoms with Gasteiger partial charge in [0, 0.05) is 42.6 Å². The van der Waals surface area contributed by atoms with Gasteiger partial charge in [-0.2, -0.15) is 0 Å². The third-order valence-electron chi connectivity index (χ3n) is 5.58. The van der Waals surface area contributed by atoms with Crippen LogP contribution >= 0.6 is 11.6 Å². The van der Waals surface area contributed by atoms with Crippen LogP contribution in [0.4, 0.5) is 4.39 Å². The van der Waals surface area contributed by atoms with Crippen LogP contribution in [0.15, 0.2) is 65.7 Å². The van der Waals surface area contributed by atoms with Crippen LogP contribution in [0, 0.1) is 5.82 Å². The molecule has 2 aromatic heterocycles. The zero-order valence-corrected chi connectivity index (χ0v) is 17.5. The number of aliphatic hydroxyl groups is 2. The molecule has 2 aromatic carbocycles. The summed E-state index contributed by atoms with van der Waals surface area (Å²) in [7, 11) is 0. The fourth-order valence-electron chi connectivity index (χ4n) is 4.03. The van der Waals surface area contributed by atoms with E-state index in [0.29, 0.717) is 16.6 Å². The molecule has 0 atom stereocenters. The number of ether oxygens (including phenoxy) is 1. The molecule has 1 aliphatic heterocycles. The Kier molecular flexibility index (Phi) is 5.02. The summed E-state index contributed by atoms with van der Waals surface area (Å²) in [4.78, 5) is 15.6. The van der Waals surface area contributed by atoms with Crippen LogP contribution in [0.1, 0.15) is 11.1 Å². The highest BCUT2D eigenvalue weighted by Crippen LogP contribution is 2.41. The van der Waals surface area contributed by atoms with Crippen LogP contribution < -0.4 is 10.3 Å². The molecule has 1 aliphatic rings. The molecule has 32 heavy (non-hydrogen) atoms. The molecule has 0 fully saturated rings. The highest BCUT2D eigenvalue weighted by molar-refractivity contribution is 6.32. The van der Waals surface area contributed by atoms with Crippen LogP contribution in [0.2, 0.25) is 5.02 Å². The van der Waals surface area contributed by atoms with E-state index in [1.54, 1.807) is 41.1 Å². The van der Waals surface area contributed by atoms with Gasteiger partial charge in [0.2, 0.25) is 5.56 Å². The van der Waals surface area contributed by atoms with Crippen LogP contribution in [-0.4, -0.2) is 37.8 Å². The smallest absolute Gasteiger partial charge is 0.257 e. The minimum Gasteiger partial charge on any atom is -0.490 e. The normalized spacial score (nSPS) is 15.9. The van der Waals surface area contributed by atoms with E-state index in [9.17, 15) is 19.4 Å². The summed E-state index contributed by atoms with van der Waals surface area (Å²) in [5.74, 6) is -2.58. The SMILES string of the molecule is O=c1cc(CN2CCOc3c(Cl)cc(-n4ccc5cc(F)ccc54)cc3C2(O)O)cc[nH]1. The minimum atomic E-state index is -2.41. The van der Waals surface area contributed by atoms with Gasteiger partial charge in [0.1, 0.15) is 18.2 Å². The largest absolute Gasteiger partial charge is 0.490 e. The quantitative estimate of drug-likeness (QED) is 0.413. The number of H-pyrrole nitrogens is 1. The number of aromatic nitrogens is 2. The molecule has 0 radical (unpaired) electrons. The molecule has 0 saturated carbocycles. The first-order valence-electron chi connectivity index (χ1n) is 9.94. The van der Waals surface area contributed by atoms with Crippen LogP contribution in [0.5, 0.6) is 5.75 Å². The lowest BCUT2D eigenvalue weighted by atomic mass is 10.1. The second-order valence-corrected chi connectivity index (χ2v) is 8.07. The molecule has 3 N–H and O–H groups in total. The Balaban J connectivity index is 1.60. The van der Waals surface area contributed by atoms with Crippen molar-refractivity contribution >= 4 is 22.5 Å². The number of halogens is 2. The van der Waals surface area contributed by atoms with E-state index in [1.807, 2.05) is 0 Å². The van der Waals surface area contributed by atoms with Gasteiger partial charge in [0.15, 0.2) is 0 Å². The molecule has 164 valence electrons. The Labute approximate surface area is 186 Å². The maximum Gasteiger partial charge on any atom is 0.257 e. The second-order valence-electron chi connectivity index (χ2n) is 7.66. The van der Waals surface area contributed by atoms with Gasteiger partial charge in [-0.25, -0.2) is 9.29 Å². The fourth-order valence-corrected chi connectivity index (χ4v) is 4.30. The third-order valence-corrected chi connectivity index (χ3v) is 5.86. The molecule has 4 aromatic rings. The van der Waals surface area contributed by atoms with Crippen LogP contribution in [0.3, 0.4) is 0 Å². The Hall–Kier alpha value is -3.17. The standard InChI is InChI=1S/C23H19ClFN3O4/c24-19-12-17(28-6-4-15-10-16(25)1-2-20(15)28)11-18-22(19)32-8-7-27(23(18,30)31)13-14-3-5-26-21(29)9-14/h1-6,9-12,30-31H,7-8,13H2,(H,26,29). The van der Waals surface area contributed by atoms with Crippen LogP contribution in [0.25, 0.3) is 16.6 Å². The van der Waals surface area contributed by atoms with Gasteiger partial charge in [-0.3, -0.25) is 4.79 Å². The summed E-state index contributed by atoms with van der Waals surface area (Å²) in [6, 6.07) is 12.5. The lowest BCUT2D eigenvalue weighted by Crippen LogP contribution is -2.46. The van der Waals surface area contributed by atoms with E-state index in [1.165, 1.54) is 29.3 Å². The molecule has 0 unspecified atom stereocenters. The maximum absolute atomic E-state index is 13.6. The molecule has 9 heteroatoms. The van der Waals surface area contributed by atoms with Crippen molar-refractivity contribution < 1.29 is 19.3 Å². The van der Waals surface area contributed by atoms with Gasteiger partial charge in [0.25, 0.3) is 5.91 Å². The van der Waals surface area contributed by atoms with E-state index < -0.39 is 5.91 Å². The van der Waals surface area contributed by atoms with E-state index in [0.717, 1.165) is 5.52 Å². The van der Waals surface area contributed by atoms with Crippen molar-refractivity contribution in [1.82, 2.24) is 14.5 Å². The fraction of sp³-hybridized carbons (Fsp3) is 0.174. The lowest BCUT2D eigenvalue weighted by Gasteiger charge is -2.33.